The summed E-state index contributed by atoms with van der Waals surface area (Å²) in [6, 6.07) is 12.3. The number of ketones is 2. The second kappa shape index (κ2) is 8.73. The maximum atomic E-state index is 13.8. The Kier molecular flexibility index (Phi) is 5.86. The van der Waals surface area contributed by atoms with E-state index in [0.717, 1.165) is 4.57 Å². The van der Waals surface area contributed by atoms with Crippen molar-refractivity contribution < 1.29 is 14.7 Å². The summed E-state index contributed by atoms with van der Waals surface area (Å²) in [6.45, 7) is 1.64. The zero-order valence-corrected chi connectivity index (χ0v) is 23.2. The molecule has 1 aromatic heterocycles. The fourth-order valence-electron chi connectivity index (χ4n) is 6.03. The molecule has 200 valence electrons. The number of aryl methyl sites for hydroxylation is 1. The normalized spacial score (nSPS) is 28.1. The molecule has 8 nitrogen and oxygen atoms in total. The number of aromatic hydroxyl groups is 1. The second-order valence-electron chi connectivity index (χ2n) is 9.83. The van der Waals surface area contributed by atoms with E-state index in [1.807, 2.05) is 0 Å². The van der Waals surface area contributed by atoms with Gasteiger partial charge < -0.3 is 5.11 Å². The molecular formula is C27H19Cl4N3O5. The van der Waals surface area contributed by atoms with Crippen molar-refractivity contribution in [2.45, 2.75) is 41.6 Å². The van der Waals surface area contributed by atoms with Gasteiger partial charge in [0.2, 0.25) is 0 Å². The number of aromatic nitrogens is 3. The third kappa shape index (κ3) is 3.26. The highest BCUT2D eigenvalue weighted by atomic mass is 35.5. The van der Waals surface area contributed by atoms with E-state index >= 15 is 0 Å². The van der Waals surface area contributed by atoms with Crippen molar-refractivity contribution in [2.75, 3.05) is 0 Å². The molecule has 3 aromatic rings. The van der Waals surface area contributed by atoms with E-state index in [0.29, 0.717) is 16.8 Å². The molecule has 1 N–H and O–H groups in total. The van der Waals surface area contributed by atoms with Crippen molar-refractivity contribution in [3.63, 3.8) is 0 Å². The van der Waals surface area contributed by atoms with Gasteiger partial charge in [0.15, 0.2) is 11.6 Å². The molecule has 2 heterocycles. The largest absolute Gasteiger partial charge is 0.507 e. The number of rotatable bonds is 2. The first-order chi connectivity index (χ1) is 18.4. The highest BCUT2D eigenvalue weighted by molar-refractivity contribution is 6.66. The molecule has 4 unspecified atom stereocenters. The highest BCUT2D eigenvalue weighted by Crippen LogP contribution is 2.64. The number of hydrogen-bond donors (Lipinski definition) is 1. The number of allylic oxidation sites excluding steroid dienone is 4. The molecule has 1 aliphatic heterocycles. The van der Waals surface area contributed by atoms with Crippen LogP contribution in [0.4, 0.5) is 0 Å². The number of halogens is 4. The molecule has 0 saturated heterocycles. The molecule has 0 amide bonds. The first-order valence-corrected chi connectivity index (χ1v) is 13.5. The topological polar surface area (TPSA) is 103 Å². The predicted molar refractivity (Wildman–Crippen MR) is 148 cm³/mol. The molecule has 2 aromatic carbocycles. The Morgan fingerprint density at radius 2 is 1.56 bits per heavy atom. The summed E-state index contributed by atoms with van der Waals surface area (Å²) in [4.78, 5) is 50.3. The fourth-order valence-corrected chi connectivity index (χ4v) is 7.54. The summed E-state index contributed by atoms with van der Waals surface area (Å²) in [5.41, 5.74) is 0.269. The number of Topliss-reactive ketones (excluding diaryl/α,β-unsaturated/α-hetero) is 2. The molecule has 2 aliphatic carbocycles. The molecule has 0 bridgehead atoms. The smallest absolute Gasteiger partial charge is 0.352 e. The van der Waals surface area contributed by atoms with Crippen LogP contribution in [-0.4, -0.2) is 40.4 Å². The molecule has 0 spiro atoms. The number of hydrogen-bond acceptors (Lipinski definition) is 5. The summed E-state index contributed by atoms with van der Waals surface area (Å²) in [7, 11) is 0. The minimum absolute atomic E-state index is 0.0302. The first-order valence-electron chi connectivity index (χ1n) is 12.0. The highest BCUT2D eigenvalue weighted by Gasteiger charge is 2.71. The van der Waals surface area contributed by atoms with Crippen LogP contribution in [0.5, 0.6) is 5.75 Å². The average molecular weight is 607 g/mol. The predicted octanol–water partition coefficient (Wildman–Crippen LogP) is 4.28. The molecule has 6 rings (SSSR count). The van der Waals surface area contributed by atoms with Crippen molar-refractivity contribution in [1.29, 1.82) is 0 Å². The molecule has 39 heavy (non-hydrogen) atoms. The zero-order chi connectivity index (χ0) is 28.0. The first kappa shape index (κ1) is 26.2. The van der Waals surface area contributed by atoms with Crippen molar-refractivity contribution in [3.8, 4) is 11.4 Å². The average Bonchev–Trinajstić information content (AvgIpc) is 3.19. The number of carbonyl (C=O) groups excluding carboxylic acids is 2. The van der Waals surface area contributed by atoms with Crippen molar-refractivity contribution in [1.82, 2.24) is 13.9 Å². The second-order valence-corrected chi connectivity index (χ2v) is 11.8. The number of fused-ring (bicyclic) bond motifs is 4. The van der Waals surface area contributed by atoms with Crippen LogP contribution in [0.3, 0.4) is 0 Å². The lowest BCUT2D eigenvalue weighted by atomic mass is 9.59. The van der Waals surface area contributed by atoms with Crippen LogP contribution in [0.1, 0.15) is 29.5 Å². The number of benzene rings is 2. The number of nitrogens with zero attached hydrogens (tertiary/aromatic N) is 3. The summed E-state index contributed by atoms with van der Waals surface area (Å²) in [6.07, 6.45) is 1.34. The monoisotopic (exact) mass is 605 g/mol. The van der Waals surface area contributed by atoms with Gasteiger partial charge in [0.1, 0.15) is 25.6 Å². The Balaban J connectivity index is 1.67. The Morgan fingerprint density at radius 3 is 2.26 bits per heavy atom. The summed E-state index contributed by atoms with van der Waals surface area (Å²) >= 11 is 26.7. The van der Waals surface area contributed by atoms with Gasteiger partial charge in [-0.05, 0) is 30.2 Å². The minimum Gasteiger partial charge on any atom is -0.507 e. The van der Waals surface area contributed by atoms with E-state index in [1.165, 1.54) is 9.36 Å². The summed E-state index contributed by atoms with van der Waals surface area (Å²) < 4.78 is 3.51. The van der Waals surface area contributed by atoms with Crippen LogP contribution in [0.25, 0.3) is 5.69 Å². The Labute approximate surface area is 241 Å². The van der Waals surface area contributed by atoms with Crippen LogP contribution in [0.15, 0.2) is 79.8 Å². The van der Waals surface area contributed by atoms with E-state index in [9.17, 15) is 24.3 Å². The van der Waals surface area contributed by atoms with E-state index < -0.39 is 54.7 Å². The van der Waals surface area contributed by atoms with Crippen LogP contribution in [0, 0.1) is 6.92 Å². The van der Waals surface area contributed by atoms with Gasteiger partial charge in [-0.25, -0.2) is 23.5 Å². The fraction of sp³-hybridized carbons (Fsp3) is 0.259. The molecule has 0 radical (unpaired) electrons. The summed E-state index contributed by atoms with van der Waals surface area (Å²) in [5, 5.41) is 10.0. The van der Waals surface area contributed by atoms with Crippen molar-refractivity contribution in [3.05, 3.63) is 102 Å². The molecule has 4 atom stereocenters. The standard InChI is InChI=1S/C27H19Cl4N3O5/c1-13-6-5-9-16(21(13)35)18-15-10-11-32-24(38)33(14-7-3-2-4-8-14)25(39)34(32)17(15)12-26(30)22(36)19(28)20(29)23(37)27(18,26)31/h2-10,17-18,35H,11-12H2,1H3. The van der Waals surface area contributed by atoms with Crippen LogP contribution in [0.2, 0.25) is 0 Å². The Morgan fingerprint density at radius 1 is 0.897 bits per heavy atom. The molecule has 12 heteroatoms. The SMILES string of the molecule is Cc1cccc(C2C3=CCn4c(=O)n(-c5ccccc5)c(=O)n4C3CC3(Cl)C(=O)C(Cl)=C(Cl)C(=O)C23Cl)c1O. The number of phenols is 1. The number of carbonyl (C=O) groups is 2. The van der Waals surface area contributed by atoms with E-state index in [2.05, 4.69) is 0 Å². The molecular weight excluding hydrogens is 588 g/mol. The maximum absolute atomic E-state index is 13.8. The summed E-state index contributed by atoms with van der Waals surface area (Å²) in [5.74, 6) is -3.09. The Bertz CT molecular complexity index is 1790. The maximum Gasteiger partial charge on any atom is 0.352 e. The van der Waals surface area contributed by atoms with Gasteiger partial charge in [-0.2, -0.15) is 0 Å². The Hall–Kier alpha value is -3.04. The van der Waals surface area contributed by atoms with Crippen LogP contribution < -0.4 is 11.4 Å². The third-order valence-corrected chi connectivity index (χ3v) is 10.1. The number of phenolic OH excluding ortho intramolecular Hbond substituents is 1. The number of para-hydroxylation sites is 2. The molecule has 3 aliphatic rings. The lowest BCUT2D eigenvalue weighted by Gasteiger charge is -2.54. The zero-order valence-electron chi connectivity index (χ0n) is 20.2. The lowest BCUT2D eigenvalue weighted by molar-refractivity contribution is -0.128. The lowest BCUT2D eigenvalue weighted by Crippen LogP contribution is -2.67. The van der Waals surface area contributed by atoms with Crippen LogP contribution >= 0.6 is 46.4 Å². The van der Waals surface area contributed by atoms with Gasteiger partial charge in [-0.3, -0.25) is 9.59 Å². The van der Waals surface area contributed by atoms with Gasteiger partial charge in [-0.15, -0.1) is 23.2 Å². The van der Waals surface area contributed by atoms with Gasteiger partial charge in [0.25, 0.3) is 0 Å². The van der Waals surface area contributed by atoms with Crippen LogP contribution in [-0.2, 0) is 16.1 Å². The quantitative estimate of drug-likeness (QED) is 0.346. The van der Waals surface area contributed by atoms with Crippen molar-refractivity contribution in [2.24, 2.45) is 0 Å². The molecule has 1 fully saturated rings. The molecule has 1 saturated carbocycles. The number of alkyl halides is 2. The van der Waals surface area contributed by atoms with Gasteiger partial charge in [0.05, 0.1) is 18.3 Å². The van der Waals surface area contributed by atoms with Gasteiger partial charge in [0, 0.05) is 17.9 Å². The van der Waals surface area contributed by atoms with E-state index in [-0.39, 0.29) is 24.3 Å². The van der Waals surface area contributed by atoms with Crippen molar-refractivity contribution >= 4 is 58.0 Å². The van der Waals surface area contributed by atoms with Gasteiger partial charge in [-0.1, -0.05) is 65.7 Å². The van der Waals surface area contributed by atoms with E-state index in [4.69, 9.17) is 46.4 Å². The van der Waals surface area contributed by atoms with Gasteiger partial charge >= 0.3 is 11.4 Å². The van der Waals surface area contributed by atoms with E-state index in [1.54, 1.807) is 61.5 Å². The third-order valence-electron chi connectivity index (χ3n) is 7.90. The minimum atomic E-state index is -2.19.